The van der Waals surface area contributed by atoms with Crippen LogP contribution in [0.4, 0.5) is 5.82 Å². The summed E-state index contributed by atoms with van der Waals surface area (Å²) in [5.74, 6) is 1.32. The highest BCUT2D eigenvalue weighted by Gasteiger charge is 2.14. The van der Waals surface area contributed by atoms with Gasteiger partial charge in [-0.25, -0.2) is 4.98 Å². The predicted molar refractivity (Wildman–Crippen MR) is 71.4 cm³/mol. The van der Waals surface area contributed by atoms with Crippen LogP contribution in [-0.2, 0) is 19.4 Å². The van der Waals surface area contributed by atoms with Crippen molar-refractivity contribution in [2.75, 3.05) is 5.32 Å². The van der Waals surface area contributed by atoms with Gasteiger partial charge >= 0.3 is 0 Å². The number of H-pyrrole nitrogens is 1. The van der Waals surface area contributed by atoms with Crippen molar-refractivity contribution in [2.24, 2.45) is 0 Å². The second kappa shape index (κ2) is 5.96. The Morgan fingerprint density at radius 1 is 1.32 bits per heavy atom. The third-order valence-corrected chi connectivity index (χ3v) is 2.94. The lowest BCUT2D eigenvalue weighted by Gasteiger charge is -2.11. The molecular weight excluding hydrogens is 240 g/mol. The lowest BCUT2D eigenvalue weighted by atomic mass is 10.0. The number of imidazole rings is 1. The molecule has 0 bridgehead atoms. The average Bonchev–Trinajstić information content (AvgIpc) is 2.96. The maximum Gasteiger partial charge on any atom is 0.167 e. The molecule has 2 rings (SSSR count). The quantitative estimate of drug-likeness (QED) is 0.851. The smallest absolute Gasteiger partial charge is 0.167 e. The Kier molecular flexibility index (Phi) is 4.08. The number of rotatable bonds is 5. The first-order valence-electron chi connectivity index (χ1n) is 6.30. The van der Waals surface area contributed by atoms with Crippen LogP contribution in [0, 0.1) is 11.3 Å². The molecule has 0 unspecified atom stereocenters. The minimum absolute atomic E-state index is 0.491. The molecule has 0 aliphatic carbocycles. The van der Waals surface area contributed by atoms with Crippen molar-refractivity contribution < 1.29 is 0 Å². The van der Waals surface area contributed by atoms with Gasteiger partial charge in [0, 0.05) is 12.4 Å². The summed E-state index contributed by atoms with van der Waals surface area (Å²) in [6.07, 6.45) is 5.00. The Bertz CT molecular complexity index is 582. The summed E-state index contributed by atoms with van der Waals surface area (Å²) in [4.78, 5) is 7.11. The van der Waals surface area contributed by atoms with Gasteiger partial charge in [0.25, 0.3) is 0 Å². The number of anilines is 1. The highest BCUT2D eigenvalue weighted by molar-refractivity contribution is 5.56. The molecule has 0 fully saturated rings. The van der Waals surface area contributed by atoms with Crippen LogP contribution in [0.15, 0.2) is 12.4 Å². The van der Waals surface area contributed by atoms with Crippen molar-refractivity contribution in [3.05, 3.63) is 35.0 Å². The number of nitriles is 1. The summed E-state index contributed by atoms with van der Waals surface area (Å²) < 4.78 is 0. The molecule has 0 amide bonds. The third-order valence-electron chi connectivity index (χ3n) is 2.94. The van der Waals surface area contributed by atoms with E-state index in [1.807, 2.05) is 13.8 Å². The number of aromatic nitrogens is 4. The number of aryl methyl sites for hydroxylation is 1. The summed E-state index contributed by atoms with van der Waals surface area (Å²) in [5, 5.41) is 20.7. The zero-order valence-electron chi connectivity index (χ0n) is 11.1. The second-order valence-electron chi connectivity index (χ2n) is 4.06. The third kappa shape index (κ3) is 2.71. The van der Waals surface area contributed by atoms with Gasteiger partial charge in [-0.2, -0.15) is 10.4 Å². The summed E-state index contributed by atoms with van der Waals surface area (Å²) in [7, 11) is 0. The molecule has 0 aliphatic rings. The summed E-state index contributed by atoms with van der Waals surface area (Å²) in [5.41, 5.74) is 2.45. The Hall–Kier alpha value is -2.42. The maximum atomic E-state index is 9.33. The largest absolute Gasteiger partial charge is 0.360 e. The van der Waals surface area contributed by atoms with Gasteiger partial charge in [0.05, 0.1) is 12.2 Å². The van der Waals surface area contributed by atoms with Crippen LogP contribution in [0.1, 0.15) is 36.5 Å². The van der Waals surface area contributed by atoms with Gasteiger partial charge in [-0.05, 0) is 18.4 Å². The number of nitrogens with one attached hydrogen (secondary N) is 2. The second-order valence-corrected chi connectivity index (χ2v) is 4.06. The van der Waals surface area contributed by atoms with Crippen molar-refractivity contribution in [3.63, 3.8) is 0 Å². The van der Waals surface area contributed by atoms with E-state index in [1.165, 1.54) is 0 Å². The zero-order chi connectivity index (χ0) is 13.7. The van der Waals surface area contributed by atoms with Gasteiger partial charge in [-0.1, -0.05) is 13.8 Å². The molecule has 2 N–H and O–H groups in total. The van der Waals surface area contributed by atoms with Crippen molar-refractivity contribution in [2.45, 2.75) is 33.2 Å². The molecule has 2 aromatic rings. The van der Waals surface area contributed by atoms with E-state index in [-0.39, 0.29) is 0 Å². The summed E-state index contributed by atoms with van der Waals surface area (Å²) in [6, 6.07) is 2.22. The predicted octanol–water partition coefficient (Wildman–Crippen LogP) is 1.81. The maximum absolute atomic E-state index is 9.33. The molecule has 0 atom stereocenters. The first kappa shape index (κ1) is 13.0. The van der Waals surface area contributed by atoms with Gasteiger partial charge < -0.3 is 10.3 Å². The van der Waals surface area contributed by atoms with Crippen molar-refractivity contribution >= 4 is 5.82 Å². The monoisotopic (exact) mass is 256 g/mol. The van der Waals surface area contributed by atoms with E-state index in [2.05, 4.69) is 31.6 Å². The van der Waals surface area contributed by atoms with Crippen LogP contribution in [0.25, 0.3) is 0 Å². The molecule has 0 aliphatic heterocycles. The van der Waals surface area contributed by atoms with E-state index in [1.54, 1.807) is 12.4 Å². The molecule has 2 aromatic heterocycles. The van der Waals surface area contributed by atoms with E-state index >= 15 is 0 Å². The van der Waals surface area contributed by atoms with Gasteiger partial charge in [0.1, 0.15) is 17.5 Å². The van der Waals surface area contributed by atoms with Crippen LogP contribution in [0.2, 0.25) is 0 Å². The molecule has 0 aromatic carbocycles. The molecule has 0 spiro atoms. The minimum atomic E-state index is 0.491. The van der Waals surface area contributed by atoms with E-state index in [4.69, 9.17) is 0 Å². The normalized spacial score (nSPS) is 10.2. The fraction of sp³-hybridized carbons (Fsp3) is 0.385. The van der Waals surface area contributed by atoms with Crippen molar-refractivity contribution in [1.29, 1.82) is 5.26 Å². The SMILES string of the molecule is CCc1nnc(NCc2ncc[nH]2)c(C#N)c1CC. The molecule has 6 heteroatoms. The highest BCUT2D eigenvalue weighted by atomic mass is 15.2. The van der Waals surface area contributed by atoms with Gasteiger partial charge in [-0.3, -0.25) is 0 Å². The number of nitrogens with zero attached hydrogens (tertiary/aromatic N) is 4. The molecule has 2 heterocycles. The molecule has 0 saturated heterocycles. The van der Waals surface area contributed by atoms with E-state index in [9.17, 15) is 5.26 Å². The Labute approximate surface area is 111 Å². The highest BCUT2D eigenvalue weighted by Crippen LogP contribution is 2.20. The lowest BCUT2D eigenvalue weighted by Crippen LogP contribution is -2.10. The Balaban J connectivity index is 2.28. The fourth-order valence-electron chi connectivity index (χ4n) is 1.98. The van der Waals surface area contributed by atoms with Crippen LogP contribution in [0.5, 0.6) is 0 Å². The molecule has 19 heavy (non-hydrogen) atoms. The summed E-state index contributed by atoms with van der Waals surface area (Å²) >= 11 is 0. The molecule has 0 radical (unpaired) electrons. The number of hydrogen-bond donors (Lipinski definition) is 2. The molecule has 6 nitrogen and oxygen atoms in total. The topological polar surface area (TPSA) is 90.3 Å². The standard InChI is InChI=1S/C13H16N6/c1-3-9-10(7-14)13(19-18-11(9)4-2)17-8-12-15-5-6-16-12/h5-6H,3-4,8H2,1-2H3,(H,15,16)(H,17,19). The number of aromatic amines is 1. The van der Waals surface area contributed by atoms with Gasteiger partial charge in [0.2, 0.25) is 0 Å². The summed E-state index contributed by atoms with van der Waals surface area (Å²) in [6.45, 7) is 4.53. The van der Waals surface area contributed by atoms with Crippen LogP contribution < -0.4 is 5.32 Å². The Morgan fingerprint density at radius 2 is 2.16 bits per heavy atom. The van der Waals surface area contributed by atoms with Crippen molar-refractivity contribution in [3.8, 4) is 6.07 Å². The van der Waals surface area contributed by atoms with Crippen LogP contribution >= 0.6 is 0 Å². The molecule has 98 valence electrons. The minimum Gasteiger partial charge on any atom is -0.360 e. The average molecular weight is 256 g/mol. The fourth-order valence-corrected chi connectivity index (χ4v) is 1.98. The lowest BCUT2D eigenvalue weighted by molar-refractivity contribution is 0.864. The van der Waals surface area contributed by atoms with E-state index in [0.717, 1.165) is 29.9 Å². The van der Waals surface area contributed by atoms with E-state index < -0.39 is 0 Å². The van der Waals surface area contributed by atoms with Gasteiger partial charge in [-0.15, -0.1) is 5.10 Å². The van der Waals surface area contributed by atoms with E-state index in [0.29, 0.717) is 17.9 Å². The Morgan fingerprint density at radius 3 is 2.74 bits per heavy atom. The molecule has 0 saturated carbocycles. The first-order chi connectivity index (χ1) is 9.30. The molecular formula is C13H16N6. The van der Waals surface area contributed by atoms with Crippen molar-refractivity contribution in [1.82, 2.24) is 20.2 Å². The van der Waals surface area contributed by atoms with Crippen LogP contribution in [0.3, 0.4) is 0 Å². The van der Waals surface area contributed by atoms with Gasteiger partial charge in [0.15, 0.2) is 5.82 Å². The first-order valence-corrected chi connectivity index (χ1v) is 6.30. The zero-order valence-corrected chi connectivity index (χ0v) is 11.1. The number of hydrogen-bond acceptors (Lipinski definition) is 5. The van der Waals surface area contributed by atoms with Crippen LogP contribution in [-0.4, -0.2) is 20.2 Å².